The van der Waals surface area contributed by atoms with E-state index in [1.54, 1.807) is 0 Å². The number of benzene rings is 1. The molecule has 0 bridgehead atoms. The Morgan fingerprint density at radius 1 is 1.30 bits per heavy atom. The van der Waals surface area contributed by atoms with Gasteiger partial charge in [-0.3, -0.25) is 0 Å². The van der Waals surface area contributed by atoms with Gasteiger partial charge < -0.3 is 0 Å². The first-order valence-electron chi connectivity index (χ1n) is 2.98. The summed E-state index contributed by atoms with van der Waals surface area (Å²) in [6.45, 7) is 0. The van der Waals surface area contributed by atoms with Gasteiger partial charge in [0, 0.05) is 18.2 Å². The van der Waals surface area contributed by atoms with Crippen LogP contribution in [0.4, 0.5) is 0 Å². The molecule has 0 amide bonds. The minimum atomic E-state index is 0.956. The molecule has 0 unspecified atom stereocenters. The first kappa shape index (κ1) is 5.68. The third-order valence-electron chi connectivity index (χ3n) is 1.39. The Morgan fingerprint density at radius 3 is 2.90 bits per heavy atom. The zero-order valence-electron chi connectivity index (χ0n) is 5.19. The van der Waals surface area contributed by atoms with Gasteiger partial charge in [0.15, 0.2) is 0 Å². The van der Waals surface area contributed by atoms with Crippen molar-refractivity contribution in [2.24, 2.45) is 0 Å². The van der Waals surface area contributed by atoms with Gasteiger partial charge in [-0.1, -0.05) is 18.2 Å². The van der Waals surface area contributed by atoms with Crippen LogP contribution >= 0.6 is 12.8 Å². The van der Waals surface area contributed by atoms with E-state index in [1.165, 1.54) is 4.09 Å². The van der Waals surface area contributed by atoms with Gasteiger partial charge in [0.05, 0.1) is 11.7 Å². The van der Waals surface area contributed by atoms with E-state index in [2.05, 4.69) is 5.10 Å². The van der Waals surface area contributed by atoms with Crippen molar-refractivity contribution in [2.75, 3.05) is 0 Å². The molecule has 1 heterocycles. The van der Waals surface area contributed by atoms with Crippen LogP contribution in [-0.4, -0.2) is 9.19 Å². The Hall–Kier alpha value is -1.09. The summed E-state index contributed by atoms with van der Waals surface area (Å²) in [4.78, 5) is 0. The van der Waals surface area contributed by atoms with Crippen molar-refractivity contribution >= 4 is 23.7 Å². The van der Waals surface area contributed by atoms with Crippen LogP contribution in [0.2, 0.25) is 0 Å². The summed E-state index contributed by atoms with van der Waals surface area (Å²) in [6, 6.07) is 7.85. The van der Waals surface area contributed by atoms with Gasteiger partial charge in [0.1, 0.15) is 0 Å². The molecule has 0 aliphatic heterocycles. The van der Waals surface area contributed by atoms with E-state index in [4.69, 9.17) is 12.8 Å². The Labute approximate surface area is 64.0 Å². The molecule has 1 radical (unpaired) electrons. The predicted octanol–water partition coefficient (Wildman–Crippen LogP) is 2.00. The lowest BCUT2D eigenvalue weighted by atomic mass is 10.3. The van der Waals surface area contributed by atoms with Crippen molar-refractivity contribution in [1.29, 1.82) is 0 Å². The van der Waals surface area contributed by atoms with Crippen LogP contribution in [0.3, 0.4) is 0 Å². The Kier molecular flexibility index (Phi) is 1.11. The SMILES string of the molecule is [S]n1cc2ccccc2n1. The monoisotopic (exact) mass is 149 g/mol. The fourth-order valence-electron chi connectivity index (χ4n) is 0.942. The highest BCUT2D eigenvalue weighted by Crippen LogP contribution is 2.10. The van der Waals surface area contributed by atoms with Crippen molar-refractivity contribution in [2.45, 2.75) is 0 Å². The van der Waals surface area contributed by atoms with Crippen molar-refractivity contribution in [1.82, 2.24) is 9.19 Å². The molecule has 0 saturated carbocycles. The molecular weight excluding hydrogens is 144 g/mol. The molecule has 0 fully saturated rings. The third kappa shape index (κ3) is 0.752. The molecule has 2 aromatic rings. The van der Waals surface area contributed by atoms with Gasteiger partial charge in [-0.2, -0.15) is 9.19 Å². The van der Waals surface area contributed by atoms with Gasteiger partial charge in [0.2, 0.25) is 0 Å². The molecule has 10 heavy (non-hydrogen) atoms. The second-order valence-corrected chi connectivity index (χ2v) is 2.46. The predicted molar refractivity (Wildman–Crippen MR) is 42.7 cm³/mol. The molecular formula is C7H5N2S. The maximum absolute atomic E-state index is 4.82. The number of hydrogen-bond acceptors (Lipinski definition) is 1. The minimum Gasteiger partial charge on any atom is -0.182 e. The van der Waals surface area contributed by atoms with E-state index in [0.29, 0.717) is 0 Å². The van der Waals surface area contributed by atoms with E-state index in [1.807, 2.05) is 30.5 Å². The molecule has 0 atom stereocenters. The fraction of sp³-hybridized carbons (Fsp3) is 0. The van der Waals surface area contributed by atoms with Crippen LogP contribution in [0.5, 0.6) is 0 Å². The molecule has 0 spiro atoms. The smallest absolute Gasteiger partial charge is 0.0937 e. The van der Waals surface area contributed by atoms with Gasteiger partial charge >= 0.3 is 0 Å². The van der Waals surface area contributed by atoms with E-state index in [-0.39, 0.29) is 0 Å². The Bertz CT molecular complexity index is 320. The van der Waals surface area contributed by atoms with E-state index < -0.39 is 0 Å². The van der Waals surface area contributed by atoms with Gasteiger partial charge in [-0.15, -0.1) is 0 Å². The molecule has 2 rings (SSSR count). The lowest BCUT2D eigenvalue weighted by Gasteiger charge is -1.80. The van der Waals surface area contributed by atoms with Crippen molar-refractivity contribution < 1.29 is 0 Å². The van der Waals surface area contributed by atoms with Crippen LogP contribution in [0, 0.1) is 0 Å². The van der Waals surface area contributed by atoms with Gasteiger partial charge in [-0.05, 0) is 6.07 Å². The summed E-state index contributed by atoms with van der Waals surface area (Å²) < 4.78 is 1.41. The number of hydrogen-bond donors (Lipinski definition) is 0. The number of aromatic nitrogens is 2. The average molecular weight is 149 g/mol. The Balaban J connectivity index is 2.88. The highest BCUT2D eigenvalue weighted by Gasteiger charge is 1.94. The fourth-order valence-corrected chi connectivity index (χ4v) is 1.14. The molecule has 3 heteroatoms. The molecule has 1 aromatic carbocycles. The molecule has 0 aliphatic carbocycles. The topological polar surface area (TPSA) is 17.8 Å². The normalized spacial score (nSPS) is 10.4. The summed E-state index contributed by atoms with van der Waals surface area (Å²) in [7, 11) is 0. The highest BCUT2D eigenvalue weighted by molar-refractivity contribution is 7.78. The molecule has 49 valence electrons. The summed E-state index contributed by atoms with van der Waals surface area (Å²) in [6.07, 6.45) is 1.82. The third-order valence-corrected chi connectivity index (χ3v) is 1.58. The van der Waals surface area contributed by atoms with E-state index in [0.717, 1.165) is 10.9 Å². The first-order valence-corrected chi connectivity index (χ1v) is 3.35. The summed E-state index contributed by atoms with van der Waals surface area (Å²) in [5, 5.41) is 5.14. The number of fused-ring (bicyclic) bond motifs is 1. The standard InChI is InChI=1S/C7H5N2S/c10-9-5-6-3-1-2-4-7(6)8-9/h1-5H. The molecule has 1 aromatic heterocycles. The highest BCUT2D eigenvalue weighted by atomic mass is 32.1. The summed E-state index contributed by atoms with van der Waals surface area (Å²) in [5.41, 5.74) is 0.956. The lowest BCUT2D eigenvalue weighted by molar-refractivity contribution is 1.04. The second-order valence-electron chi connectivity index (χ2n) is 2.09. The summed E-state index contributed by atoms with van der Waals surface area (Å²) >= 11 is 4.82. The zero-order valence-corrected chi connectivity index (χ0v) is 6.01. The largest absolute Gasteiger partial charge is 0.182 e. The maximum Gasteiger partial charge on any atom is 0.0937 e. The van der Waals surface area contributed by atoms with Gasteiger partial charge in [0.25, 0.3) is 0 Å². The van der Waals surface area contributed by atoms with Crippen molar-refractivity contribution in [3.05, 3.63) is 30.5 Å². The Morgan fingerprint density at radius 2 is 2.10 bits per heavy atom. The zero-order chi connectivity index (χ0) is 6.97. The molecule has 0 aliphatic rings. The van der Waals surface area contributed by atoms with Crippen LogP contribution < -0.4 is 0 Å². The van der Waals surface area contributed by atoms with Crippen molar-refractivity contribution in [3.8, 4) is 0 Å². The van der Waals surface area contributed by atoms with Crippen molar-refractivity contribution in [3.63, 3.8) is 0 Å². The van der Waals surface area contributed by atoms with Gasteiger partial charge in [-0.25, -0.2) is 0 Å². The molecule has 2 nitrogen and oxygen atoms in total. The van der Waals surface area contributed by atoms with Crippen LogP contribution in [0.25, 0.3) is 10.9 Å². The lowest BCUT2D eigenvalue weighted by Crippen LogP contribution is -1.75. The first-order chi connectivity index (χ1) is 4.86. The van der Waals surface area contributed by atoms with E-state index in [9.17, 15) is 0 Å². The van der Waals surface area contributed by atoms with Crippen LogP contribution in [0.15, 0.2) is 30.5 Å². The molecule has 0 saturated heterocycles. The van der Waals surface area contributed by atoms with E-state index >= 15 is 0 Å². The van der Waals surface area contributed by atoms with Crippen LogP contribution in [-0.2, 0) is 0 Å². The molecule has 0 N–H and O–H groups in total. The summed E-state index contributed by atoms with van der Waals surface area (Å²) in [5.74, 6) is 0. The van der Waals surface area contributed by atoms with Crippen LogP contribution in [0.1, 0.15) is 0 Å². The second kappa shape index (κ2) is 1.95. The minimum absolute atomic E-state index is 0.956. The maximum atomic E-state index is 4.82. The number of nitrogens with zero attached hydrogens (tertiary/aromatic N) is 2. The number of rotatable bonds is 0. The average Bonchev–Trinajstić information content (AvgIpc) is 2.27. The quantitative estimate of drug-likeness (QED) is 0.560.